The summed E-state index contributed by atoms with van der Waals surface area (Å²) in [6.45, 7) is 1.91. The molecule has 3 heterocycles. The Bertz CT molecular complexity index is 676. The van der Waals surface area contributed by atoms with Crippen LogP contribution in [0.15, 0.2) is 36.7 Å². The number of aryl methyl sites for hydroxylation is 1. The quantitative estimate of drug-likeness (QED) is 0.618. The fourth-order valence-corrected chi connectivity index (χ4v) is 1.95. The minimum absolute atomic E-state index is 0.551. The van der Waals surface area contributed by atoms with Crippen molar-refractivity contribution in [1.82, 2.24) is 19.6 Å². The van der Waals surface area contributed by atoms with E-state index in [1.54, 1.807) is 23.0 Å². The third-order valence-corrected chi connectivity index (χ3v) is 2.75. The molecule has 0 radical (unpaired) electrons. The van der Waals surface area contributed by atoms with E-state index < -0.39 is 0 Å². The van der Waals surface area contributed by atoms with Gasteiger partial charge in [0.2, 0.25) is 0 Å². The zero-order chi connectivity index (χ0) is 11.8. The zero-order valence-electron chi connectivity index (χ0n) is 9.13. The largest absolute Gasteiger partial charge is 0.265 e. The molecule has 0 aliphatic rings. The molecule has 0 saturated carbocycles. The van der Waals surface area contributed by atoms with Crippen LogP contribution >= 0.6 is 11.6 Å². The zero-order valence-corrected chi connectivity index (χ0v) is 9.89. The first kappa shape index (κ1) is 10.2. The van der Waals surface area contributed by atoms with Crippen molar-refractivity contribution in [3.63, 3.8) is 0 Å². The van der Waals surface area contributed by atoms with Gasteiger partial charge in [0.15, 0.2) is 5.65 Å². The van der Waals surface area contributed by atoms with E-state index >= 15 is 0 Å². The van der Waals surface area contributed by atoms with Crippen LogP contribution in [0.25, 0.3) is 16.9 Å². The van der Waals surface area contributed by atoms with Gasteiger partial charge in [-0.05, 0) is 19.1 Å². The van der Waals surface area contributed by atoms with Crippen molar-refractivity contribution < 1.29 is 0 Å². The highest BCUT2D eigenvalue weighted by Gasteiger charge is 2.07. The lowest BCUT2D eigenvalue weighted by Crippen LogP contribution is -1.94. The molecule has 17 heavy (non-hydrogen) atoms. The van der Waals surface area contributed by atoms with Gasteiger partial charge in [0.25, 0.3) is 0 Å². The van der Waals surface area contributed by atoms with Crippen molar-refractivity contribution in [3.8, 4) is 11.3 Å². The van der Waals surface area contributed by atoms with Crippen LogP contribution in [0, 0.1) is 6.92 Å². The summed E-state index contributed by atoms with van der Waals surface area (Å²) in [6.07, 6.45) is 3.47. The first-order chi connectivity index (χ1) is 8.24. The summed E-state index contributed by atoms with van der Waals surface area (Å²) in [6, 6.07) is 7.50. The SMILES string of the molecule is Cc1cc2nc(-c3ccncc3)cc(Cl)n2n1. The highest BCUT2D eigenvalue weighted by atomic mass is 35.5. The molecule has 0 amide bonds. The second kappa shape index (κ2) is 3.82. The highest BCUT2D eigenvalue weighted by molar-refractivity contribution is 6.30. The molecule has 0 aromatic carbocycles. The van der Waals surface area contributed by atoms with Crippen LogP contribution in [0.2, 0.25) is 5.15 Å². The van der Waals surface area contributed by atoms with E-state index in [1.165, 1.54) is 0 Å². The standard InChI is InChI=1S/C12H9ClN4/c1-8-6-12-15-10(7-11(13)17(12)16-8)9-2-4-14-5-3-9/h2-7H,1H3. The number of aromatic nitrogens is 4. The molecule has 0 unspecified atom stereocenters. The summed E-state index contributed by atoms with van der Waals surface area (Å²) >= 11 is 6.17. The van der Waals surface area contributed by atoms with Gasteiger partial charge in [-0.2, -0.15) is 5.10 Å². The van der Waals surface area contributed by atoms with E-state index in [1.807, 2.05) is 25.1 Å². The molecule has 0 spiro atoms. The molecular formula is C12H9ClN4. The van der Waals surface area contributed by atoms with Gasteiger partial charge in [-0.3, -0.25) is 4.98 Å². The molecule has 0 bridgehead atoms. The van der Waals surface area contributed by atoms with Crippen LogP contribution in [0.1, 0.15) is 5.69 Å². The van der Waals surface area contributed by atoms with Crippen LogP contribution < -0.4 is 0 Å². The molecule has 0 saturated heterocycles. The van der Waals surface area contributed by atoms with E-state index in [4.69, 9.17) is 11.6 Å². The maximum Gasteiger partial charge on any atom is 0.157 e. The van der Waals surface area contributed by atoms with E-state index in [2.05, 4.69) is 15.1 Å². The van der Waals surface area contributed by atoms with Gasteiger partial charge >= 0.3 is 0 Å². The smallest absolute Gasteiger partial charge is 0.157 e. The predicted molar refractivity (Wildman–Crippen MR) is 66.0 cm³/mol. The Morgan fingerprint density at radius 3 is 2.71 bits per heavy atom. The fraction of sp³-hybridized carbons (Fsp3) is 0.0833. The summed E-state index contributed by atoms with van der Waals surface area (Å²) in [5.41, 5.74) is 3.46. The maximum atomic E-state index is 6.17. The molecule has 0 atom stereocenters. The highest BCUT2D eigenvalue weighted by Crippen LogP contribution is 2.21. The minimum Gasteiger partial charge on any atom is -0.265 e. The van der Waals surface area contributed by atoms with Gasteiger partial charge in [-0.25, -0.2) is 9.50 Å². The molecule has 5 heteroatoms. The normalized spacial score (nSPS) is 10.9. The van der Waals surface area contributed by atoms with Crippen LogP contribution in [0.5, 0.6) is 0 Å². The van der Waals surface area contributed by atoms with Gasteiger partial charge in [-0.1, -0.05) is 11.6 Å². The number of rotatable bonds is 1. The summed E-state index contributed by atoms with van der Waals surface area (Å²) in [5, 5.41) is 4.81. The lowest BCUT2D eigenvalue weighted by Gasteiger charge is -2.02. The third-order valence-electron chi connectivity index (χ3n) is 2.48. The monoisotopic (exact) mass is 244 g/mol. The lowest BCUT2D eigenvalue weighted by atomic mass is 10.2. The van der Waals surface area contributed by atoms with Gasteiger partial charge < -0.3 is 0 Å². The molecule has 3 rings (SSSR count). The van der Waals surface area contributed by atoms with Crippen molar-refractivity contribution in [3.05, 3.63) is 47.5 Å². The summed E-state index contributed by atoms with van der Waals surface area (Å²) in [7, 11) is 0. The molecule has 0 aliphatic carbocycles. The second-order valence-corrected chi connectivity index (χ2v) is 4.14. The second-order valence-electron chi connectivity index (χ2n) is 3.76. The number of fused-ring (bicyclic) bond motifs is 1. The first-order valence-corrected chi connectivity index (χ1v) is 5.55. The molecule has 0 fully saturated rings. The van der Waals surface area contributed by atoms with E-state index in [-0.39, 0.29) is 0 Å². The van der Waals surface area contributed by atoms with Gasteiger partial charge in [-0.15, -0.1) is 0 Å². The van der Waals surface area contributed by atoms with Crippen molar-refractivity contribution in [1.29, 1.82) is 0 Å². The van der Waals surface area contributed by atoms with Crippen LogP contribution in [-0.4, -0.2) is 19.6 Å². The molecule has 3 aromatic heterocycles. The molecule has 4 nitrogen and oxygen atoms in total. The molecule has 84 valence electrons. The lowest BCUT2D eigenvalue weighted by molar-refractivity contribution is 0.919. The Labute approximate surface area is 103 Å². The Kier molecular flexibility index (Phi) is 2.30. The van der Waals surface area contributed by atoms with Crippen molar-refractivity contribution >= 4 is 17.2 Å². The summed E-state index contributed by atoms with van der Waals surface area (Å²) < 4.78 is 1.63. The molecule has 0 N–H and O–H groups in total. The van der Waals surface area contributed by atoms with Crippen LogP contribution in [0.3, 0.4) is 0 Å². The van der Waals surface area contributed by atoms with Crippen LogP contribution in [-0.2, 0) is 0 Å². The topological polar surface area (TPSA) is 43.1 Å². The summed E-state index contributed by atoms with van der Waals surface area (Å²) in [4.78, 5) is 8.50. The number of hydrogen-bond donors (Lipinski definition) is 0. The van der Waals surface area contributed by atoms with Gasteiger partial charge in [0, 0.05) is 30.1 Å². The Morgan fingerprint density at radius 1 is 1.18 bits per heavy atom. The van der Waals surface area contributed by atoms with Gasteiger partial charge in [0.1, 0.15) is 5.15 Å². The molecule has 0 aliphatic heterocycles. The number of nitrogens with zero attached hydrogens (tertiary/aromatic N) is 4. The van der Waals surface area contributed by atoms with E-state index in [0.717, 1.165) is 22.6 Å². The number of hydrogen-bond acceptors (Lipinski definition) is 3. The maximum absolute atomic E-state index is 6.17. The fourth-order valence-electron chi connectivity index (χ4n) is 1.72. The first-order valence-electron chi connectivity index (χ1n) is 5.17. The van der Waals surface area contributed by atoms with E-state index in [9.17, 15) is 0 Å². The average Bonchev–Trinajstić information content (AvgIpc) is 2.71. The minimum atomic E-state index is 0.551. The number of pyridine rings is 1. The van der Waals surface area contributed by atoms with Crippen molar-refractivity contribution in [2.24, 2.45) is 0 Å². The Morgan fingerprint density at radius 2 is 1.94 bits per heavy atom. The van der Waals surface area contributed by atoms with Crippen molar-refractivity contribution in [2.45, 2.75) is 6.92 Å². The third kappa shape index (κ3) is 1.76. The molecular weight excluding hydrogens is 236 g/mol. The Balaban J connectivity index is 2.25. The number of halogens is 1. The predicted octanol–water partition coefficient (Wildman–Crippen LogP) is 2.75. The van der Waals surface area contributed by atoms with Crippen LogP contribution in [0.4, 0.5) is 0 Å². The molecule has 3 aromatic rings. The Hall–Kier alpha value is -1.94. The van der Waals surface area contributed by atoms with Gasteiger partial charge in [0.05, 0.1) is 11.4 Å². The van der Waals surface area contributed by atoms with Crippen molar-refractivity contribution in [2.75, 3.05) is 0 Å². The van der Waals surface area contributed by atoms with E-state index in [0.29, 0.717) is 5.15 Å². The summed E-state index contributed by atoms with van der Waals surface area (Å²) in [5.74, 6) is 0. The average molecular weight is 245 g/mol.